The van der Waals surface area contributed by atoms with Crippen molar-refractivity contribution in [3.63, 3.8) is 0 Å². The molecule has 1 saturated heterocycles. The van der Waals surface area contributed by atoms with Crippen LogP contribution < -0.4 is 4.90 Å². The first kappa shape index (κ1) is 16.9. The summed E-state index contributed by atoms with van der Waals surface area (Å²) in [5.41, 5.74) is 0.449. The Morgan fingerprint density at radius 2 is 1.77 bits per heavy atom. The van der Waals surface area contributed by atoms with Gasteiger partial charge in [-0.3, -0.25) is 9.48 Å². The summed E-state index contributed by atoms with van der Waals surface area (Å²) < 4.78 is 1.84. The molecule has 3 heterocycles. The van der Waals surface area contributed by atoms with Gasteiger partial charge in [-0.25, -0.2) is 9.97 Å². The molecule has 1 amide bonds. The van der Waals surface area contributed by atoms with Gasteiger partial charge in [0, 0.05) is 45.1 Å². The Morgan fingerprint density at radius 3 is 2.50 bits per heavy atom. The van der Waals surface area contributed by atoms with Crippen molar-refractivity contribution < 1.29 is 4.79 Å². The van der Waals surface area contributed by atoms with Gasteiger partial charge in [-0.05, 0) is 24.8 Å². The monoisotopic (exact) mass is 355 g/mol. The Labute approximate surface area is 153 Å². The summed E-state index contributed by atoms with van der Waals surface area (Å²) in [6, 6.07) is 1.81. The van der Waals surface area contributed by atoms with E-state index >= 15 is 0 Å². The van der Waals surface area contributed by atoms with Crippen LogP contribution in [-0.2, 0) is 6.54 Å². The van der Waals surface area contributed by atoms with E-state index in [2.05, 4.69) is 25.2 Å². The lowest BCUT2D eigenvalue weighted by Crippen LogP contribution is -2.49. The number of hydrogen-bond acceptors (Lipinski definition) is 6. The van der Waals surface area contributed by atoms with Crippen molar-refractivity contribution in [3.8, 4) is 0 Å². The highest BCUT2D eigenvalue weighted by atomic mass is 16.2. The molecule has 26 heavy (non-hydrogen) atoms. The molecule has 138 valence electrons. The number of hydrogen-bond donors (Lipinski definition) is 0. The van der Waals surface area contributed by atoms with Crippen LogP contribution in [0.15, 0.2) is 24.7 Å². The highest BCUT2D eigenvalue weighted by molar-refractivity contribution is 5.92. The lowest BCUT2D eigenvalue weighted by molar-refractivity contribution is 0.0740. The van der Waals surface area contributed by atoms with Gasteiger partial charge in [-0.15, -0.1) is 5.10 Å². The topological polar surface area (TPSA) is 80.0 Å². The van der Waals surface area contributed by atoms with Gasteiger partial charge in [-0.1, -0.05) is 24.5 Å². The zero-order chi connectivity index (χ0) is 17.8. The molecule has 0 N–H and O–H groups in total. The Balaban J connectivity index is 1.32. The molecular formula is C18H25N7O. The summed E-state index contributed by atoms with van der Waals surface area (Å²) >= 11 is 0. The number of piperazine rings is 1. The van der Waals surface area contributed by atoms with E-state index in [1.807, 2.05) is 15.8 Å². The molecule has 8 nitrogen and oxygen atoms in total. The molecule has 2 aliphatic rings. The van der Waals surface area contributed by atoms with Crippen LogP contribution in [0, 0.1) is 5.92 Å². The van der Waals surface area contributed by atoms with Gasteiger partial charge in [0.2, 0.25) is 5.95 Å². The van der Waals surface area contributed by atoms with Crippen molar-refractivity contribution in [1.82, 2.24) is 29.9 Å². The molecule has 1 saturated carbocycles. The number of carbonyl (C=O) groups excluding carboxylic acids is 1. The van der Waals surface area contributed by atoms with E-state index in [4.69, 9.17) is 0 Å². The van der Waals surface area contributed by atoms with E-state index in [-0.39, 0.29) is 5.91 Å². The van der Waals surface area contributed by atoms with Crippen molar-refractivity contribution in [2.75, 3.05) is 31.1 Å². The molecule has 0 aromatic carbocycles. The van der Waals surface area contributed by atoms with Gasteiger partial charge in [-0.2, -0.15) is 0 Å². The fourth-order valence-corrected chi connectivity index (χ4v) is 3.85. The first-order valence-electron chi connectivity index (χ1n) is 9.51. The van der Waals surface area contributed by atoms with Crippen LogP contribution in [0.3, 0.4) is 0 Å². The molecule has 0 atom stereocenters. The van der Waals surface area contributed by atoms with Crippen molar-refractivity contribution in [2.45, 2.75) is 38.6 Å². The number of anilines is 1. The fourth-order valence-electron chi connectivity index (χ4n) is 3.85. The summed E-state index contributed by atoms with van der Waals surface area (Å²) in [6.07, 6.45) is 11.8. The first-order chi connectivity index (χ1) is 12.8. The van der Waals surface area contributed by atoms with Crippen LogP contribution in [0.5, 0.6) is 0 Å². The Bertz CT molecular complexity index is 718. The van der Waals surface area contributed by atoms with Crippen LogP contribution in [0.2, 0.25) is 0 Å². The highest BCUT2D eigenvalue weighted by Crippen LogP contribution is 2.24. The summed E-state index contributed by atoms with van der Waals surface area (Å²) in [5, 5.41) is 8.29. The second-order valence-electron chi connectivity index (χ2n) is 7.16. The number of aromatic nitrogens is 5. The minimum atomic E-state index is -0.0338. The highest BCUT2D eigenvalue weighted by Gasteiger charge is 2.25. The van der Waals surface area contributed by atoms with Crippen molar-refractivity contribution in [3.05, 3.63) is 30.4 Å². The average molecular weight is 355 g/mol. The normalized spacial score (nSPS) is 18.9. The molecule has 1 aliphatic heterocycles. The van der Waals surface area contributed by atoms with E-state index in [9.17, 15) is 4.79 Å². The van der Waals surface area contributed by atoms with Crippen LogP contribution in [0.4, 0.5) is 5.95 Å². The quantitative estimate of drug-likeness (QED) is 0.829. The van der Waals surface area contributed by atoms with E-state index < -0.39 is 0 Å². The Kier molecular flexibility index (Phi) is 5.08. The molecular weight excluding hydrogens is 330 g/mol. The van der Waals surface area contributed by atoms with E-state index in [0.29, 0.717) is 24.7 Å². The molecule has 0 radical (unpaired) electrons. The maximum absolute atomic E-state index is 12.7. The fraction of sp³-hybridized carbons (Fsp3) is 0.611. The number of rotatable bonds is 4. The third-order valence-electron chi connectivity index (χ3n) is 5.33. The zero-order valence-corrected chi connectivity index (χ0v) is 15.0. The molecule has 1 aliphatic carbocycles. The molecule has 4 rings (SSSR count). The Hall–Kier alpha value is -2.51. The lowest BCUT2D eigenvalue weighted by atomic mass is 9.89. The van der Waals surface area contributed by atoms with Gasteiger partial charge in [0.1, 0.15) is 0 Å². The molecule has 8 heteroatoms. The van der Waals surface area contributed by atoms with Crippen molar-refractivity contribution in [2.24, 2.45) is 5.92 Å². The molecule has 0 unspecified atom stereocenters. The lowest BCUT2D eigenvalue weighted by Gasteiger charge is -2.34. The van der Waals surface area contributed by atoms with E-state index in [0.717, 1.165) is 25.6 Å². The Morgan fingerprint density at radius 1 is 1.04 bits per heavy atom. The molecule has 2 aromatic rings. The van der Waals surface area contributed by atoms with Gasteiger partial charge in [0.15, 0.2) is 5.69 Å². The average Bonchev–Trinajstić information content (AvgIpc) is 3.17. The number of carbonyl (C=O) groups is 1. The summed E-state index contributed by atoms with van der Waals surface area (Å²) in [4.78, 5) is 25.2. The third kappa shape index (κ3) is 3.84. The second kappa shape index (κ2) is 7.80. The van der Waals surface area contributed by atoms with Crippen molar-refractivity contribution in [1.29, 1.82) is 0 Å². The van der Waals surface area contributed by atoms with Gasteiger partial charge >= 0.3 is 0 Å². The molecule has 2 aromatic heterocycles. The molecule has 0 spiro atoms. The first-order valence-corrected chi connectivity index (χ1v) is 9.51. The third-order valence-corrected chi connectivity index (χ3v) is 5.33. The largest absolute Gasteiger partial charge is 0.337 e. The second-order valence-corrected chi connectivity index (χ2v) is 7.16. The summed E-state index contributed by atoms with van der Waals surface area (Å²) in [6.45, 7) is 3.62. The molecule has 2 fully saturated rings. The summed E-state index contributed by atoms with van der Waals surface area (Å²) in [5.74, 6) is 1.36. The van der Waals surface area contributed by atoms with Gasteiger partial charge in [0.05, 0.1) is 6.20 Å². The molecule has 0 bridgehead atoms. The van der Waals surface area contributed by atoms with Crippen LogP contribution in [-0.4, -0.2) is 61.9 Å². The SMILES string of the molecule is O=C(c1cn(CC2CCCCC2)nn1)N1CCN(c2ncccn2)CC1. The van der Waals surface area contributed by atoms with Gasteiger partial charge < -0.3 is 9.80 Å². The van der Waals surface area contributed by atoms with E-state index in [1.54, 1.807) is 18.5 Å². The minimum Gasteiger partial charge on any atom is -0.337 e. The maximum atomic E-state index is 12.7. The maximum Gasteiger partial charge on any atom is 0.276 e. The zero-order valence-electron chi connectivity index (χ0n) is 15.0. The minimum absolute atomic E-state index is 0.0338. The predicted octanol–water partition coefficient (Wildman–Crippen LogP) is 1.61. The van der Waals surface area contributed by atoms with Crippen LogP contribution >= 0.6 is 0 Å². The summed E-state index contributed by atoms with van der Waals surface area (Å²) in [7, 11) is 0. The van der Waals surface area contributed by atoms with E-state index in [1.165, 1.54) is 32.1 Å². The smallest absolute Gasteiger partial charge is 0.276 e. The van der Waals surface area contributed by atoms with Crippen LogP contribution in [0.25, 0.3) is 0 Å². The van der Waals surface area contributed by atoms with Crippen molar-refractivity contribution >= 4 is 11.9 Å². The standard InChI is InChI=1S/C18H25N7O/c26-17(16-14-25(22-21-16)13-15-5-2-1-3-6-15)23-9-11-24(12-10-23)18-19-7-4-8-20-18/h4,7-8,14-15H,1-3,5-6,9-13H2. The van der Waals surface area contributed by atoms with Crippen LogP contribution in [0.1, 0.15) is 42.6 Å². The predicted molar refractivity (Wildman–Crippen MR) is 96.7 cm³/mol. The number of nitrogens with zero attached hydrogens (tertiary/aromatic N) is 7. The number of amides is 1. The van der Waals surface area contributed by atoms with Gasteiger partial charge in [0.25, 0.3) is 5.91 Å².